The van der Waals surface area contributed by atoms with Crippen LogP contribution >= 0.6 is 0 Å². The van der Waals surface area contributed by atoms with Gasteiger partial charge < -0.3 is 15.2 Å². The maximum atomic E-state index is 13.4. The Morgan fingerprint density at radius 1 is 1.17 bits per heavy atom. The molecule has 2 rings (SSSR count). The number of aliphatic hydroxyl groups is 1. The Morgan fingerprint density at radius 3 is 2.54 bits per heavy atom. The number of benzene rings is 2. The first kappa shape index (κ1) is 17.9. The molecule has 2 aromatic carbocycles. The van der Waals surface area contributed by atoms with Crippen LogP contribution in [0.4, 0.5) is 14.5 Å². The van der Waals surface area contributed by atoms with Crippen molar-refractivity contribution in [3.63, 3.8) is 0 Å². The molecule has 0 radical (unpaired) electrons. The van der Waals surface area contributed by atoms with Gasteiger partial charge in [-0.25, -0.2) is 8.78 Å². The number of nitrogens with one attached hydrogen (secondary N) is 1. The molecule has 0 aliphatic heterocycles. The minimum atomic E-state index is -1.16. The molecule has 0 saturated carbocycles. The van der Waals surface area contributed by atoms with E-state index in [1.807, 2.05) is 13.8 Å². The van der Waals surface area contributed by atoms with Crippen LogP contribution in [0.2, 0.25) is 0 Å². The Bertz CT molecular complexity index is 719. The Morgan fingerprint density at radius 2 is 1.88 bits per heavy atom. The smallest absolute Gasteiger partial charge is 0.227 e. The van der Waals surface area contributed by atoms with Crippen LogP contribution in [0.1, 0.15) is 31.9 Å². The SMILES string of the molecule is CC(C)Oc1ccc(F)cc1NC(=O)CC(O)c1cccc(F)c1. The molecule has 0 heterocycles. The van der Waals surface area contributed by atoms with Crippen LogP contribution < -0.4 is 10.1 Å². The van der Waals surface area contributed by atoms with Crippen molar-refractivity contribution in [3.8, 4) is 5.75 Å². The monoisotopic (exact) mass is 335 g/mol. The molecule has 1 atom stereocenters. The summed E-state index contributed by atoms with van der Waals surface area (Å²) in [6.07, 6.45) is -1.60. The number of hydrogen-bond acceptors (Lipinski definition) is 3. The highest BCUT2D eigenvalue weighted by Gasteiger charge is 2.16. The molecule has 0 aliphatic carbocycles. The number of rotatable bonds is 6. The molecule has 0 spiro atoms. The molecular weight excluding hydrogens is 316 g/mol. The molecule has 0 fully saturated rings. The summed E-state index contributed by atoms with van der Waals surface area (Å²) in [6.45, 7) is 3.62. The summed E-state index contributed by atoms with van der Waals surface area (Å²) in [5.74, 6) is -1.22. The number of carbonyl (C=O) groups excluding carboxylic acids is 1. The molecule has 2 N–H and O–H groups in total. The van der Waals surface area contributed by atoms with Crippen molar-refractivity contribution in [1.29, 1.82) is 0 Å². The number of carbonyl (C=O) groups is 1. The topological polar surface area (TPSA) is 58.6 Å². The van der Waals surface area contributed by atoms with Crippen molar-refractivity contribution in [3.05, 3.63) is 59.7 Å². The zero-order chi connectivity index (χ0) is 17.7. The summed E-state index contributed by atoms with van der Waals surface area (Å²) in [5.41, 5.74) is 0.475. The van der Waals surface area contributed by atoms with E-state index < -0.39 is 23.6 Å². The van der Waals surface area contributed by atoms with Gasteiger partial charge in [0.2, 0.25) is 5.91 Å². The molecule has 6 heteroatoms. The lowest BCUT2D eigenvalue weighted by atomic mass is 10.1. The van der Waals surface area contributed by atoms with Gasteiger partial charge in [0, 0.05) is 6.07 Å². The summed E-state index contributed by atoms with van der Waals surface area (Å²) in [7, 11) is 0. The third kappa shape index (κ3) is 5.03. The van der Waals surface area contributed by atoms with E-state index in [9.17, 15) is 18.7 Å². The fourth-order valence-corrected chi connectivity index (χ4v) is 2.17. The van der Waals surface area contributed by atoms with Crippen molar-refractivity contribution in [2.75, 3.05) is 5.32 Å². The van der Waals surface area contributed by atoms with Crippen molar-refractivity contribution < 1.29 is 23.4 Å². The van der Waals surface area contributed by atoms with Gasteiger partial charge in [-0.3, -0.25) is 4.79 Å². The van der Waals surface area contributed by atoms with E-state index >= 15 is 0 Å². The Hall–Kier alpha value is -2.47. The van der Waals surface area contributed by atoms with Gasteiger partial charge in [0.05, 0.1) is 24.3 Å². The normalized spacial score (nSPS) is 12.1. The standard InChI is InChI=1S/C18H19F2NO3/c1-11(2)24-17-7-6-14(20)9-15(17)21-18(23)10-16(22)12-4-3-5-13(19)8-12/h3-9,11,16,22H,10H2,1-2H3,(H,21,23). The third-order valence-corrected chi connectivity index (χ3v) is 3.19. The van der Waals surface area contributed by atoms with E-state index in [-0.39, 0.29) is 18.2 Å². The molecule has 128 valence electrons. The second-order valence-electron chi connectivity index (χ2n) is 5.63. The largest absolute Gasteiger partial charge is 0.489 e. The first-order valence-electron chi connectivity index (χ1n) is 7.54. The predicted octanol–water partition coefficient (Wildman–Crippen LogP) is 3.81. The zero-order valence-electron chi connectivity index (χ0n) is 13.4. The average Bonchev–Trinajstić information content (AvgIpc) is 2.49. The number of halogens is 2. The van der Waals surface area contributed by atoms with Crippen molar-refractivity contribution in [1.82, 2.24) is 0 Å². The van der Waals surface area contributed by atoms with Crippen molar-refractivity contribution >= 4 is 11.6 Å². The predicted molar refractivity (Wildman–Crippen MR) is 86.8 cm³/mol. The van der Waals surface area contributed by atoms with E-state index in [0.717, 1.165) is 12.1 Å². The first-order valence-corrected chi connectivity index (χ1v) is 7.54. The van der Waals surface area contributed by atoms with Crippen LogP contribution in [-0.4, -0.2) is 17.1 Å². The van der Waals surface area contributed by atoms with Gasteiger partial charge >= 0.3 is 0 Å². The van der Waals surface area contributed by atoms with E-state index in [0.29, 0.717) is 11.3 Å². The van der Waals surface area contributed by atoms with Gasteiger partial charge in [-0.2, -0.15) is 0 Å². The van der Waals surface area contributed by atoms with Gasteiger partial charge in [-0.15, -0.1) is 0 Å². The Labute approximate surface area is 139 Å². The van der Waals surface area contributed by atoms with Crippen LogP contribution in [0.25, 0.3) is 0 Å². The van der Waals surface area contributed by atoms with Crippen molar-refractivity contribution in [2.24, 2.45) is 0 Å². The van der Waals surface area contributed by atoms with Crippen LogP contribution in [-0.2, 0) is 4.79 Å². The first-order chi connectivity index (χ1) is 11.3. The number of aliphatic hydroxyl groups excluding tert-OH is 1. The van der Waals surface area contributed by atoms with E-state index in [4.69, 9.17) is 4.74 Å². The average molecular weight is 335 g/mol. The summed E-state index contributed by atoms with van der Waals surface area (Å²) < 4.78 is 32.1. The molecule has 1 amide bonds. The molecular formula is C18H19F2NO3. The molecule has 2 aromatic rings. The fraction of sp³-hybridized carbons (Fsp3) is 0.278. The molecule has 24 heavy (non-hydrogen) atoms. The lowest BCUT2D eigenvalue weighted by Crippen LogP contribution is -2.17. The van der Waals surface area contributed by atoms with Crippen LogP contribution in [0.15, 0.2) is 42.5 Å². The Kier molecular flexibility index (Phi) is 5.87. The molecule has 0 bridgehead atoms. The van der Waals surface area contributed by atoms with E-state index in [2.05, 4.69) is 5.32 Å². The molecule has 0 aliphatic rings. The molecule has 0 aromatic heterocycles. The molecule has 1 unspecified atom stereocenters. The Balaban J connectivity index is 2.08. The van der Waals surface area contributed by atoms with E-state index in [1.54, 1.807) is 0 Å². The second-order valence-corrected chi connectivity index (χ2v) is 5.63. The van der Waals surface area contributed by atoms with Crippen LogP contribution in [0, 0.1) is 11.6 Å². The van der Waals surface area contributed by atoms with Crippen LogP contribution in [0.3, 0.4) is 0 Å². The van der Waals surface area contributed by atoms with Gasteiger partial charge in [0.15, 0.2) is 0 Å². The van der Waals surface area contributed by atoms with Crippen molar-refractivity contribution in [2.45, 2.75) is 32.5 Å². The van der Waals surface area contributed by atoms with Gasteiger partial charge in [0.1, 0.15) is 17.4 Å². The minimum Gasteiger partial charge on any atom is -0.489 e. The van der Waals surface area contributed by atoms with Gasteiger partial charge in [0.25, 0.3) is 0 Å². The highest BCUT2D eigenvalue weighted by atomic mass is 19.1. The maximum absolute atomic E-state index is 13.4. The highest BCUT2D eigenvalue weighted by Crippen LogP contribution is 2.27. The third-order valence-electron chi connectivity index (χ3n) is 3.19. The molecule has 0 saturated heterocycles. The summed E-state index contributed by atoms with van der Waals surface area (Å²) >= 11 is 0. The van der Waals surface area contributed by atoms with E-state index in [1.165, 1.54) is 30.3 Å². The summed E-state index contributed by atoms with van der Waals surface area (Å²) in [5, 5.41) is 12.5. The van der Waals surface area contributed by atoms with Crippen LogP contribution in [0.5, 0.6) is 5.75 Å². The van der Waals surface area contributed by atoms with Gasteiger partial charge in [-0.05, 0) is 43.7 Å². The molecule has 4 nitrogen and oxygen atoms in total. The number of amides is 1. The number of ether oxygens (including phenoxy) is 1. The minimum absolute atomic E-state index is 0.149. The lowest BCUT2D eigenvalue weighted by molar-refractivity contribution is -0.118. The quantitative estimate of drug-likeness (QED) is 0.844. The van der Waals surface area contributed by atoms with Gasteiger partial charge in [-0.1, -0.05) is 12.1 Å². The zero-order valence-corrected chi connectivity index (χ0v) is 13.4. The lowest BCUT2D eigenvalue weighted by Gasteiger charge is -2.16. The maximum Gasteiger partial charge on any atom is 0.227 e. The number of hydrogen-bond donors (Lipinski definition) is 2. The fourth-order valence-electron chi connectivity index (χ4n) is 2.17. The highest BCUT2D eigenvalue weighted by molar-refractivity contribution is 5.92. The second kappa shape index (κ2) is 7.88. The summed E-state index contributed by atoms with van der Waals surface area (Å²) in [4.78, 5) is 12.1. The summed E-state index contributed by atoms with van der Waals surface area (Å²) in [6, 6.07) is 9.18. The number of anilines is 1.